The topological polar surface area (TPSA) is 30.5 Å². The van der Waals surface area contributed by atoms with E-state index in [9.17, 15) is 0 Å². The van der Waals surface area contributed by atoms with Gasteiger partial charge in [-0.2, -0.15) is 0 Å². The molecule has 0 spiro atoms. The van der Waals surface area contributed by atoms with Gasteiger partial charge in [-0.05, 0) is 52.7 Å². The lowest BCUT2D eigenvalue weighted by Gasteiger charge is -2.21. The summed E-state index contributed by atoms with van der Waals surface area (Å²) in [5.74, 6) is 1.88. The van der Waals surface area contributed by atoms with E-state index in [-0.39, 0.29) is 6.04 Å². The maximum Gasteiger partial charge on any atom is 0.133 e. The van der Waals surface area contributed by atoms with Gasteiger partial charge in [-0.25, -0.2) is 0 Å². The van der Waals surface area contributed by atoms with E-state index in [0.29, 0.717) is 0 Å². The Bertz CT molecular complexity index is 459. The Balaban J connectivity index is 2.24. The molecule has 0 saturated heterocycles. The largest absolute Gasteiger partial charge is 0.496 e. The van der Waals surface area contributed by atoms with E-state index in [1.165, 1.54) is 5.56 Å². The van der Waals surface area contributed by atoms with E-state index < -0.39 is 0 Å². The third kappa shape index (κ3) is 3.51. The van der Waals surface area contributed by atoms with Crippen LogP contribution in [0.15, 0.2) is 34.5 Å². The molecular formula is C15H20BrNO2. The van der Waals surface area contributed by atoms with Crippen molar-refractivity contribution in [3.05, 3.63) is 40.1 Å². The molecule has 2 rings (SSSR count). The van der Waals surface area contributed by atoms with Crippen LogP contribution in [0.5, 0.6) is 5.75 Å². The van der Waals surface area contributed by atoms with E-state index in [1.54, 1.807) is 7.11 Å². The SMILES string of the molecule is CCCNC(C1=CCCO1)c1ccc(OC)c(Br)c1. The highest BCUT2D eigenvalue weighted by Crippen LogP contribution is 2.32. The second kappa shape index (κ2) is 6.96. The zero-order chi connectivity index (χ0) is 13.7. The predicted molar refractivity (Wildman–Crippen MR) is 80.4 cm³/mol. The van der Waals surface area contributed by atoms with Crippen molar-refractivity contribution in [3.63, 3.8) is 0 Å². The van der Waals surface area contributed by atoms with Gasteiger partial charge in [0, 0.05) is 6.42 Å². The average Bonchev–Trinajstić information content (AvgIpc) is 2.93. The Kier molecular flexibility index (Phi) is 5.28. The monoisotopic (exact) mass is 325 g/mol. The van der Waals surface area contributed by atoms with Crippen LogP contribution in [0.25, 0.3) is 0 Å². The van der Waals surface area contributed by atoms with Crippen LogP contribution in [0, 0.1) is 0 Å². The molecular weight excluding hydrogens is 306 g/mol. The van der Waals surface area contributed by atoms with Gasteiger partial charge in [0.2, 0.25) is 0 Å². The van der Waals surface area contributed by atoms with Gasteiger partial charge in [0.25, 0.3) is 0 Å². The highest BCUT2D eigenvalue weighted by atomic mass is 79.9. The van der Waals surface area contributed by atoms with Gasteiger partial charge in [-0.3, -0.25) is 0 Å². The molecule has 0 aromatic heterocycles. The number of halogens is 1. The Morgan fingerprint density at radius 3 is 2.89 bits per heavy atom. The van der Waals surface area contributed by atoms with Crippen molar-refractivity contribution in [3.8, 4) is 5.75 Å². The minimum atomic E-state index is 0.129. The summed E-state index contributed by atoms with van der Waals surface area (Å²) in [4.78, 5) is 0. The molecule has 0 bridgehead atoms. The number of benzene rings is 1. The van der Waals surface area contributed by atoms with Gasteiger partial charge in [0.1, 0.15) is 11.5 Å². The Hall–Kier alpha value is -1.00. The average molecular weight is 326 g/mol. The van der Waals surface area contributed by atoms with Gasteiger partial charge in [0.05, 0.1) is 24.2 Å². The van der Waals surface area contributed by atoms with Gasteiger partial charge in [0.15, 0.2) is 0 Å². The maximum atomic E-state index is 5.72. The maximum absolute atomic E-state index is 5.72. The van der Waals surface area contributed by atoms with Crippen molar-refractivity contribution in [1.29, 1.82) is 0 Å². The molecule has 1 aromatic rings. The smallest absolute Gasteiger partial charge is 0.133 e. The molecule has 19 heavy (non-hydrogen) atoms. The van der Waals surface area contributed by atoms with Gasteiger partial charge in [-0.15, -0.1) is 0 Å². The first-order chi connectivity index (χ1) is 9.26. The van der Waals surface area contributed by atoms with Crippen LogP contribution >= 0.6 is 15.9 Å². The fourth-order valence-corrected chi connectivity index (χ4v) is 2.73. The van der Waals surface area contributed by atoms with Crippen LogP contribution in [0.3, 0.4) is 0 Å². The van der Waals surface area contributed by atoms with Crippen molar-refractivity contribution in [2.75, 3.05) is 20.3 Å². The molecule has 1 unspecified atom stereocenters. The normalized spacial score (nSPS) is 15.8. The van der Waals surface area contributed by atoms with E-state index in [0.717, 1.165) is 42.0 Å². The molecule has 3 nitrogen and oxygen atoms in total. The summed E-state index contributed by atoms with van der Waals surface area (Å²) in [5, 5.41) is 3.54. The van der Waals surface area contributed by atoms with Gasteiger partial charge < -0.3 is 14.8 Å². The molecule has 1 aromatic carbocycles. The summed E-state index contributed by atoms with van der Waals surface area (Å²) >= 11 is 3.54. The molecule has 0 amide bonds. The number of rotatable bonds is 6. The van der Waals surface area contributed by atoms with Crippen molar-refractivity contribution in [2.45, 2.75) is 25.8 Å². The molecule has 0 aliphatic carbocycles. The molecule has 0 saturated carbocycles. The Morgan fingerprint density at radius 1 is 1.47 bits per heavy atom. The number of hydrogen-bond donors (Lipinski definition) is 1. The molecule has 4 heteroatoms. The third-order valence-corrected chi connectivity index (χ3v) is 3.74. The van der Waals surface area contributed by atoms with Gasteiger partial charge >= 0.3 is 0 Å². The van der Waals surface area contributed by atoms with E-state index in [4.69, 9.17) is 9.47 Å². The first-order valence-electron chi connectivity index (χ1n) is 6.66. The van der Waals surface area contributed by atoms with Crippen LogP contribution in [0.2, 0.25) is 0 Å². The summed E-state index contributed by atoms with van der Waals surface area (Å²) in [6, 6.07) is 6.29. The first kappa shape index (κ1) is 14.4. The molecule has 1 aliphatic rings. The molecule has 104 valence electrons. The summed E-state index contributed by atoms with van der Waals surface area (Å²) in [6.07, 6.45) is 4.27. The summed E-state index contributed by atoms with van der Waals surface area (Å²) in [5.41, 5.74) is 1.19. The Labute approximate surface area is 123 Å². The van der Waals surface area contributed by atoms with E-state index >= 15 is 0 Å². The first-order valence-corrected chi connectivity index (χ1v) is 7.45. The highest BCUT2D eigenvalue weighted by molar-refractivity contribution is 9.10. The molecule has 1 heterocycles. The Morgan fingerprint density at radius 2 is 2.32 bits per heavy atom. The molecule has 0 fully saturated rings. The molecule has 0 radical (unpaired) electrons. The fourth-order valence-electron chi connectivity index (χ4n) is 2.17. The fraction of sp³-hybridized carbons (Fsp3) is 0.467. The van der Waals surface area contributed by atoms with E-state index in [1.807, 2.05) is 6.07 Å². The van der Waals surface area contributed by atoms with Gasteiger partial charge in [-0.1, -0.05) is 13.0 Å². The summed E-state index contributed by atoms with van der Waals surface area (Å²) < 4.78 is 12.0. The zero-order valence-electron chi connectivity index (χ0n) is 11.4. The summed E-state index contributed by atoms with van der Waals surface area (Å²) in [7, 11) is 1.68. The van der Waals surface area contributed by atoms with Crippen molar-refractivity contribution < 1.29 is 9.47 Å². The molecule has 1 aliphatic heterocycles. The standard InChI is InChI=1S/C15H20BrNO2/c1-3-8-17-15(14-5-4-9-19-14)11-6-7-13(18-2)12(16)10-11/h5-7,10,15,17H,3-4,8-9H2,1-2H3. The van der Waals surface area contributed by atoms with Crippen molar-refractivity contribution in [1.82, 2.24) is 5.32 Å². The number of nitrogens with one attached hydrogen (secondary N) is 1. The highest BCUT2D eigenvalue weighted by Gasteiger charge is 2.20. The minimum Gasteiger partial charge on any atom is -0.496 e. The number of methoxy groups -OCH3 is 1. The number of ether oxygens (including phenoxy) is 2. The third-order valence-electron chi connectivity index (χ3n) is 3.12. The second-order valence-electron chi connectivity index (χ2n) is 4.52. The zero-order valence-corrected chi connectivity index (χ0v) is 13.0. The molecule has 1 atom stereocenters. The molecule has 1 N–H and O–H groups in total. The lowest BCUT2D eigenvalue weighted by atomic mass is 10.0. The van der Waals surface area contributed by atoms with Crippen LogP contribution in [0.1, 0.15) is 31.4 Å². The van der Waals surface area contributed by atoms with Crippen molar-refractivity contribution >= 4 is 15.9 Å². The number of hydrogen-bond acceptors (Lipinski definition) is 3. The van der Waals surface area contributed by atoms with E-state index in [2.05, 4.69) is 46.4 Å². The lowest BCUT2D eigenvalue weighted by molar-refractivity contribution is 0.215. The quantitative estimate of drug-likeness (QED) is 0.862. The summed E-state index contributed by atoms with van der Waals surface area (Å²) in [6.45, 7) is 3.92. The second-order valence-corrected chi connectivity index (χ2v) is 5.38. The van der Waals surface area contributed by atoms with Crippen LogP contribution in [0.4, 0.5) is 0 Å². The van der Waals surface area contributed by atoms with Crippen LogP contribution in [-0.4, -0.2) is 20.3 Å². The van der Waals surface area contributed by atoms with Crippen LogP contribution < -0.4 is 10.1 Å². The minimum absolute atomic E-state index is 0.129. The lowest BCUT2D eigenvalue weighted by Crippen LogP contribution is -2.24. The van der Waals surface area contributed by atoms with Crippen LogP contribution in [-0.2, 0) is 4.74 Å². The van der Waals surface area contributed by atoms with Crippen molar-refractivity contribution in [2.24, 2.45) is 0 Å². The predicted octanol–water partition coefficient (Wildman–Crippen LogP) is 3.80.